The summed E-state index contributed by atoms with van der Waals surface area (Å²) in [6, 6.07) is 7.00. The van der Waals surface area contributed by atoms with Crippen molar-refractivity contribution in [2.45, 2.75) is 40.0 Å². The van der Waals surface area contributed by atoms with Gasteiger partial charge >= 0.3 is 6.03 Å². The average Bonchev–Trinajstić information content (AvgIpc) is 3.20. The highest BCUT2D eigenvalue weighted by atomic mass is 16.2. The summed E-state index contributed by atoms with van der Waals surface area (Å²) in [6.45, 7) is 6.21. The first-order valence-electron chi connectivity index (χ1n) is 10.3. The van der Waals surface area contributed by atoms with Gasteiger partial charge in [0, 0.05) is 6.20 Å². The molecule has 1 aromatic heterocycles. The average molecular weight is 434 g/mol. The number of carbonyl (C=O) groups excluding carboxylic acids is 2. The Hall–Kier alpha value is -4.05. The molecule has 0 saturated heterocycles. The Balaban J connectivity index is 0.00000249. The molecule has 0 fully saturated rings. The first-order chi connectivity index (χ1) is 15.4. The number of aromatic nitrogens is 2. The summed E-state index contributed by atoms with van der Waals surface area (Å²) in [4.78, 5) is 22.8. The van der Waals surface area contributed by atoms with Gasteiger partial charge in [-0.25, -0.2) is 9.48 Å². The number of rotatable bonds is 9. The maximum absolute atomic E-state index is 11.6. The van der Waals surface area contributed by atoms with Gasteiger partial charge in [-0.1, -0.05) is 49.8 Å². The van der Waals surface area contributed by atoms with Crippen molar-refractivity contribution in [3.63, 3.8) is 0 Å². The van der Waals surface area contributed by atoms with Gasteiger partial charge in [0.25, 0.3) is 5.91 Å². The fourth-order valence-electron chi connectivity index (χ4n) is 3.12. The van der Waals surface area contributed by atoms with E-state index < -0.39 is 11.9 Å². The summed E-state index contributed by atoms with van der Waals surface area (Å²) in [7, 11) is 0. The number of urea groups is 1. The summed E-state index contributed by atoms with van der Waals surface area (Å²) in [5.74, 6) is -0.671. The van der Waals surface area contributed by atoms with E-state index >= 15 is 0 Å². The van der Waals surface area contributed by atoms with Gasteiger partial charge in [-0.15, -0.1) is 17.9 Å². The van der Waals surface area contributed by atoms with Crippen LogP contribution in [0.4, 0.5) is 10.6 Å². The standard InChI is InChI=1S/C23H29N5O2.C2H2/c1-4-7-10-16(8-5-2)19(9-6-3)17-11-13-18(14-12-17)28-15-20(21(24)29)22(27-28)26-23(25)30;1-2/h5-6,8-9,11-15H,4,7,10H2,1-3H3,(H2,24,29)(H3,25,26,27,30);1-2H/b8-5-,9-6-,19-16+;. The van der Waals surface area contributed by atoms with Gasteiger partial charge < -0.3 is 11.5 Å². The Bertz CT molecular complexity index is 1020. The number of nitrogens with zero attached hydrogens (tertiary/aromatic N) is 2. The Morgan fingerprint density at radius 3 is 2.22 bits per heavy atom. The van der Waals surface area contributed by atoms with Crippen molar-refractivity contribution < 1.29 is 9.59 Å². The predicted molar refractivity (Wildman–Crippen MR) is 131 cm³/mol. The first-order valence-corrected chi connectivity index (χ1v) is 10.3. The number of carbonyl (C=O) groups is 2. The van der Waals surface area contributed by atoms with Gasteiger partial charge in [0.05, 0.1) is 5.69 Å². The number of terminal acetylenes is 1. The van der Waals surface area contributed by atoms with Crippen LogP contribution in [-0.4, -0.2) is 21.7 Å². The molecule has 0 spiro atoms. The molecule has 0 aliphatic rings. The molecule has 2 aromatic rings. The second kappa shape index (κ2) is 13.3. The second-order valence-corrected chi connectivity index (χ2v) is 6.78. The number of benzene rings is 1. The summed E-state index contributed by atoms with van der Waals surface area (Å²) < 4.78 is 1.48. The van der Waals surface area contributed by atoms with Crippen LogP contribution in [0.2, 0.25) is 0 Å². The van der Waals surface area contributed by atoms with Gasteiger partial charge in [-0.05, 0) is 55.5 Å². The van der Waals surface area contributed by atoms with E-state index in [1.54, 1.807) is 0 Å². The number of unbranched alkanes of at least 4 members (excludes halogenated alkanes) is 1. The Labute approximate surface area is 189 Å². The number of nitrogens with two attached hydrogens (primary N) is 2. The van der Waals surface area contributed by atoms with Crippen molar-refractivity contribution >= 4 is 23.3 Å². The van der Waals surface area contributed by atoms with Gasteiger partial charge in [-0.2, -0.15) is 0 Å². The molecule has 0 unspecified atom stereocenters. The van der Waals surface area contributed by atoms with Gasteiger partial charge in [0.15, 0.2) is 5.82 Å². The second-order valence-electron chi connectivity index (χ2n) is 6.78. The SMILES string of the molecule is C#C.C\C=C/C(CCCC)=C(/C=C\C)c1ccc(-n2cc(C(N)=O)c(NC(N)=O)n2)cc1. The molecule has 7 nitrogen and oxygen atoms in total. The summed E-state index contributed by atoms with van der Waals surface area (Å²) in [5, 5.41) is 6.55. The maximum Gasteiger partial charge on any atom is 0.317 e. The fourth-order valence-corrected chi connectivity index (χ4v) is 3.12. The molecular formula is C25H31N5O2. The van der Waals surface area contributed by atoms with Gasteiger partial charge in [-0.3, -0.25) is 10.1 Å². The molecule has 32 heavy (non-hydrogen) atoms. The van der Waals surface area contributed by atoms with E-state index in [-0.39, 0.29) is 11.4 Å². The van der Waals surface area contributed by atoms with E-state index in [0.29, 0.717) is 0 Å². The Morgan fingerprint density at radius 1 is 1.09 bits per heavy atom. The summed E-state index contributed by atoms with van der Waals surface area (Å²) in [6.07, 6.45) is 21.1. The number of amides is 3. The first kappa shape index (κ1) is 26.0. The van der Waals surface area contributed by atoms with Gasteiger partial charge in [0.1, 0.15) is 5.56 Å². The molecule has 0 saturated carbocycles. The van der Waals surface area contributed by atoms with Crippen LogP contribution in [0.5, 0.6) is 0 Å². The van der Waals surface area contributed by atoms with Crippen LogP contribution in [0.15, 0.2) is 60.3 Å². The zero-order valence-electron chi connectivity index (χ0n) is 18.8. The molecule has 2 rings (SSSR count). The molecule has 3 amide bonds. The zero-order valence-corrected chi connectivity index (χ0v) is 18.8. The molecule has 0 bridgehead atoms. The van der Waals surface area contributed by atoms with E-state index in [4.69, 9.17) is 11.5 Å². The monoisotopic (exact) mass is 433 g/mol. The summed E-state index contributed by atoms with van der Waals surface area (Å²) >= 11 is 0. The largest absolute Gasteiger partial charge is 0.365 e. The van der Waals surface area contributed by atoms with E-state index in [0.717, 1.165) is 30.5 Å². The molecule has 168 valence electrons. The third-order valence-electron chi connectivity index (χ3n) is 4.51. The minimum absolute atomic E-state index is 0.0310. The lowest BCUT2D eigenvalue weighted by Gasteiger charge is -2.11. The van der Waals surface area contributed by atoms with Crippen molar-refractivity contribution in [2.24, 2.45) is 11.5 Å². The van der Waals surface area contributed by atoms with Crippen LogP contribution >= 0.6 is 0 Å². The van der Waals surface area contributed by atoms with Crippen LogP contribution in [0.1, 0.15) is 56.0 Å². The number of allylic oxidation sites excluding steroid dienone is 6. The molecule has 0 atom stereocenters. The Morgan fingerprint density at radius 2 is 1.72 bits per heavy atom. The topological polar surface area (TPSA) is 116 Å². The van der Waals surface area contributed by atoms with Crippen LogP contribution in [0.3, 0.4) is 0 Å². The minimum atomic E-state index is -0.817. The maximum atomic E-state index is 11.6. The van der Waals surface area contributed by atoms with Crippen molar-refractivity contribution in [2.75, 3.05) is 5.32 Å². The highest BCUT2D eigenvalue weighted by Crippen LogP contribution is 2.26. The highest BCUT2D eigenvalue weighted by molar-refractivity contribution is 6.01. The molecule has 5 N–H and O–H groups in total. The third-order valence-corrected chi connectivity index (χ3v) is 4.51. The van der Waals surface area contributed by atoms with Crippen LogP contribution in [0, 0.1) is 12.8 Å². The van der Waals surface area contributed by atoms with E-state index in [2.05, 4.69) is 48.4 Å². The number of hydrogen-bond acceptors (Lipinski definition) is 3. The van der Waals surface area contributed by atoms with E-state index in [9.17, 15) is 9.59 Å². The molecule has 0 radical (unpaired) electrons. The minimum Gasteiger partial charge on any atom is -0.365 e. The number of primary amides is 2. The molecule has 7 heteroatoms. The number of nitrogens with one attached hydrogen (secondary N) is 1. The normalized spacial score (nSPS) is 11.7. The highest BCUT2D eigenvalue weighted by Gasteiger charge is 2.16. The lowest BCUT2D eigenvalue weighted by atomic mass is 9.95. The van der Waals surface area contributed by atoms with Gasteiger partial charge in [0.2, 0.25) is 0 Å². The lowest BCUT2D eigenvalue weighted by molar-refractivity contribution is 0.100. The van der Waals surface area contributed by atoms with E-state index in [1.807, 2.05) is 44.2 Å². The molecule has 0 aliphatic carbocycles. The van der Waals surface area contributed by atoms with Crippen molar-refractivity contribution in [1.29, 1.82) is 0 Å². The molecule has 0 aliphatic heterocycles. The third kappa shape index (κ3) is 7.03. The zero-order chi connectivity index (χ0) is 24.1. The van der Waals surface area contributed by atoms with Crippen molar-refractivity contribution in [1.82, 2.24) is 9.78 Å². The predicted octanol–water partition coefficient (Wildman–Crippen LogP) is 4.81. The molecule has 1 aromatic carbocycles. The quantitative estimate of drug-likeness (QED) is 0.389. The van der Waals surface area contributed by atoms with Crippen LogP contribution < -0.4 is 16.8 Å². The number of hydrogen-bond donors (Lipinski definition) is 3. The lowest BCUT2D eigenvalue weighted by Crippen LogP contribution is -2.22. The molecule has 1 heterocycles. The van der Waals surface area contributed by atoms with Crippen molar-refractivity contribution in [3.05, 3.63) is 71.5 Å². The van der Waals surface area contributed by atoms with Crippen LogP contribution in [-0.2, 0) is 0 Å². The summed E-state index contributed by atoms with van der Waals surface area (Å²) in [5.41, 5.74) is 14.9. The van der Waals surface area contributed by atoms with Crippen molar-refractivity contribution in [3.8, 4) is 18.5 Å². The van der Waals surface area contributed by atoms with E-state index in [1.165, 1.54) is 22.0 Å². The molecular weight excluding hydrogens is 402 g/mol. The fraction of sp³-hybridized carbons (Fsp3) is 0.240. The number of anilines is 1. The smallest absolute Gasteiger partial charge is 0.317 e. The van der Waals surface area contributed by atoms with Crippen LogP contribution in [0.25, 0.3) is 11.3 Å². The Kier molecular flexibility index (Phi) is 10.8.